The van der Waals surface area contributed by atoms with Crippen molar-refractivity contribution in [1.29, 1.82) is 0 Å². The first-order valence-corrected chi connectivity index (χ1v) is 20.1. The summed E-state index contributed by atoms with van der Waals surface area (Å²) < 4.78 is 39.5. The molecule has 53 heavy (non-hydrogen) atoms. The Morgan fingerprint density at radius 1 is 0.906 bits per heavy atom. The summed E-state index contributed by atoms with van der Waals surface area (Å²) >= 11 is 8.01. The molecular formula is C33H34Br2N4O12S2. The minimum absolute atomic E-state index is 0.121. The molecule has 284 valence electrons. The predicted octanol–water partition coefficient (Wildman–Crippen LogP) is 2.18. The molecule has 16 nitrogen and oxygen atoms in total. The van der Waals surface area contributed by atoms with E-state index in [4.69, 9.17) is 14.2 Å². The van der Waals surface area contributed by atoms with Gasteiger partial charge in [-0.15, -0.1) is 11.8 Å². The van der Waals surface area contributed by atoms with Crippen LogP contribution in [-0.4, -0.2) is 107 Å². The number of phenolic OH excluding ortho intramolecular Hbond substituents is 1. The number of benzene rings is 2. The number of alkyl carbamates (subject to hydrolysis) is 1. The van der Waals surface area contributed by atoms with Crippen molar-refractivity contribution >= 4 is 89.2 Å². The van der Waals surface area contributed by atoms with E-state index < -0.39 is 94.1 Å². The van der Waals surface area contributed by atoms with Crippen LogP contribution >= 0.6 is 43.6 Å². The van der Waals surface area contributed by atoms with Crippen molar-refractivity contribution in [2.75, 3.05) is 6.79 Å². The first-order valence-electron chi connectivity index (χ1n) is 16.1. The van der Waals surface area contributed by atoms with Gasteiger partial charge in [-0.1, -0.05) is 74.3 Å². The summed E-state index contributed by atoms with van der Waals surface area (Å²) in [5, 5.41) is 12.5. The highest BCUT2D eigenvalue weighted by Gasteiger charge is 2.73. The van der Waals surface area contributed by atoms with Crippen LogP contribution in [0, 0.1) is 0 Å². The van der Waals surface area contributed by atoms with Gasteiger partial charge in [0.05, 0.1) is 0 Å². The molecule has 0 spiro atoms. The number of rotatable bonds is 10. The van der Waals surface area contributed by atoms with Crippen molar-refractivity contribution in [3.8, 4) is 5.75 Å². The number of fused-ring (bicyclic) bond motifs is 2. The maximum absolute atomic E-state index is 13.8. The van der Waals surface area contributed by atoms with Crippen LogP contribution in [0.3, 0.4) is 0 Å². The number of phenols is 1. The van der Waals surface area contributed by atoms with Gasteiger partial charge in [0, 0.05) is 4.75 Å². The monoisotopic (exact) mass is 900 g/mol. The van der Waals surface area contributed by atoms with Crippen LogP contribution in [-0.2, 0) is 54.6 Å². The number of aromatic hydroxyl groups is 1. The van der Waals surface area contributed by atoms with Crippen LogP contribution in [0.4, 0.5) is 4.79 Å². The molecule has 3 N–H and O–H groups in total. The third-order valence-corrected chi connectivity index (χ3v) is 16.2. The number of β-lactam (4-membered cyclic amide) rings is 2. The highest BCUT2D eigenvalue weighted by molar-refractivity contribution is 9.26. The molecule has 4 aliphatic heterocycles. The van der Waals surface area contributed by atoms with Crippen molar-refractivity contribution in [3.63, 3.8) is 0 Å². The van der Waals surface area contributed by atoms with Gasteiger partial charge in [0.2, 0.25) is 18.6 Å². The standard InChI is InChI=1S/C33H34Br2N4O12S2/c1-31(2)21(39-28(45)33(34,35)29(39)52-31)26(43)50-15-51-27(44)22-32(3,4)53(47,48)25-20(24(42)38(22)25)36-23(41)19(17-10-12-18(40)13-11-17)37-30(46)49-14-16-8-6-5-7-9-16/h5-13,19-22,25,29,40H,14-15H2,1-4H3,(H,36,41)(H,37,46)/t19?,20-,21+,22+,25-,29-/m1/s1. The van der Waals surface area contributed by atoms with E-state index in [0.29, 0.717) is 5.56 Å². The van der Waals surface area contributed by atoms with Crippen LogP contribution in [0.15, 0.2) is 54.6 Å². The number of sulfone groups is 1. The number of hydrogen-bond acceptors (Lipinski definition) is 13. The van der Waals surface area contributed by atoms with Crippen molar-refractivity contribution in [3.05, 3.63) is 65.7 Å². The molecule has 2 aromatic rings. The maximum atomic E-state index is 13.8. The van der Waals surface area contributed by atoms with Gasteiger partial charge in [-0.05, 0) is 51.0 Å². The molecule has 20 heteroatoms. The molecule has 0 radical (unpaired) electrons. The number of esters is 2. The molecule has 2 aromatic carbocycles. The Hall–Kier alpha value is -3.88. The third-order valence-electron chi connectivity index (χ3n) is 9.61. The van der Waals surface area contributed by atoms with E-state index in [9.17, 15) is 42.3 Å². The van der Waals surface area contributed by atoms with Gasteiger partial charge in [-0.2, -0.15) is 0 Å². The molecule has 4 fully saturated rings. The summed E-state index contributed by atoms with van der Waals surface area (Å²) in [6, 6.07) is 8.18. The topological polar surface area (TPSA) is 215 Å². The van der Waals surface area contributed by atoms with Crippen molar-refractivity contribution in [1.82, 2.24) is 20.4 Å². The second-order valence-corrected chi connectivity index (χ2v) is 21.7. The first kappa shape index (κ1) is 38.8. The average molecular weight is 903 g/mol. The van der Waals surface area contributed by atoms with Gasteiger partial charge in [0.15, 0.2) is 18.4 Å². The summed E-state index contributed by atoms with van der Waals surface area (Å²) in [7, 11) is -4.36. The van der Waals surface area contributed by atoms with Gasteiger partial charge in [-0.25, -0.2) is 22.8 Å². The van der Waals surface area contributed by atoms with Gasteiger partial charge < -0.3 is 39.8 Å². The van der Waals surface area contributed by atoms with Crippen LogP contribution in [0.2, 0.25) is 0 Å². The minimum atomic E-state index is -4.36. The maximum Gasteiger partial charge on any atom is 0.408 e. The van der Waals surface area contributed by atoms with Crippen LogP contribution in [0.5, 0.6) is 5.75 Å². The van der Waals surface area contributed by atoms with E-state index >= 15 is 0 Å². The van der Waals surface area contributed by atoms with Crippen molar-refractivity contribution in [2.45, 2.75) is 81.9 Å². The minimum Gasteiger partial charge on any atom is -0.508 e. The largest absolute Gasteiger partial charge is 0.508 e. The van der Waals surface area contributed by atoms with E-state index in [1.165, 1.54) is 54.8 Å². The quantitative estimate of drug-likeness (QED) is 0.135. The van der Waals surface area contributed by atoms with E-state index in [-0.39, 0.29) is 23.8 Å². The Bertz CT molecular complexity index is 1980. The van der Waals surface area contributed by atoms with E-state index in [0.717, 1.165) is 4.90 Å². The fourth-order valence-corrected chi connectivity index (χ4v) is 11.9. The summed E-state index contributed by atoms with van der Waals surface area (Å²) in [4.78, 5) is 81.2. The zero-order valence-corrected chi connectivity index (χ0v) is 33.3. The van der Waals surface area contributed by atoms with E-state index in [1.807, 2.05) is 0 Å². The van der Waals surface area contributed by atoms with Gasteiger partial charge in [0.25, 0.3) is 5.91 Å². The lowest BCUT2D eigenvalue weighted by Crippen LogP contribution is -2.72. The lowest BCUT2D eigenvalue weighted by molar-refractivity contribution is -0.181. The number of ether oxygens (including phenoxy) is 3. The molecule has 4 amide bonds. The fourth-order valence-electron chi connectivity index (χ4n) is 6.77. The number of carbonyl (C=O) groups is 6. The Morgan fingerprint density at radius 3 is 2.13 bits per heavy atom. The van der Waals surface area contributed by atoms with Gasteiger partial charge >= 0.3 is 18.0 Å². The second kappa shape index (κ2) is 13.8. The Morgan fingerprint density at radius 2 is 1.51 bits per heavy atom. The molecular weight excluding hydrogens is 868 g/mol. The lowest BCUT2D eigenvalue weighted by atomic mass is 9.95. The number of nitrogens with zero attached hydrogens (tertiary/aromatic N) is 2. The number of alkyl halides is 2. The number of hydrogen-bond donors (Lipinski definition) is 3. The number of halogens is 2. The van der Waals surface area contributed by atoms with Crippen LogP contribution in [0.25, 0.3) is 0 Å². The Balaban J connectivity index is 1.12. The smallest absolute Gasteiger partial charge is 0.408 e. The summed E-state index contributed by atoms with van der Waals surface area (Å²) in [5.41, 5.74) is 0.853. The Kier molecular flexibility index (Phi) is 10.1. The molecule has 4 heterocycles. The first-order chi connectivity index (χ1) is 24.7. The molecule has 0 aliphatic carbocycles. The molecule has 0 aromatic heterocycles. The summed E-state index contributed by atoms with van der Waals surface area (Å²) in [6.45, 7) is 4.94. The highest BCUT2D eigenvalue weighted by atomic mass is 79.9. The normalized spacial score (nSPS) is 27.2. The summed E-state index contributed by atoms with van der Waals surface area (Å²) in [6.07, 6.45) is -0.993. The highest BCUT2D eigenvalue weighted by Crippen LogP contribution is 2.60. The zero-order valence-electron chi connectivity index (χ0n) is 28.5. The van der Waals surface area contributed by atoms with Crippen LogP contribution < -0.4 is 10.6 Å². The number of nitrogens with one attached hydrogen (secondary N) is 2. The number of thioether (sulfide) groups is 1. The van der Waals surface area contributed by atoms with Crippen molar-refractivity contribution in [2.24, 2.45) is 0 Å². The predicted molar refractivity (Wildman–Crippen MR) is 194 cm³/mol. The van der Waals surface area contributed by atoms with E-state index in [1.54, 1.807) is 44.2 Å². The molecule has 6 atom stereocenters. The Labute approximate surface area is 324 Å². The summed E-state index contributed by atoms with van der Waals surface area (Å²) in [5.74, 6) is -4.40. The van der Waals surface area contributed by atoms with Gasteiger partial charge in [-0.3, -0.25) is 14.4 Å². The van der Waals surface area contributed by atoms with Crippen LogP contribution in [0.1, 0.15) is 44.9 Å². The SMILES string of the molecule is CC1(C)S[C@H]2N(C(=O)C2(Br)Br)[C@H]1C(=O)OCOC(=O)[C@@H]1N2C(=O)[C@@H](NC(=O)C(NC(=O)OCc3ccccc3)c3ccc(O)cc3)[C@H]2S(=O)(=O)C1(C)C. The molecule has 1 unspecified atom stereocenters. The van der Waals surface area contributed by atoms with Gasteiger partial charge in [0.1, 0.15) is 46.6 Å². The fraction of sp³-hybridized carbons (Fsp3) is 0.455. The molecule has 4 saturated heterocycles. The molecule has 4 aliphatic rings. The molecule has 0 bridgehead atoms. The average Bonchev–Trinajstić information content (AvgIpc) is 3.46. The lowest BCUT2D eigenvalue weighted by Gasteiger charge is -2.46. The van der Waals surface area contributed by atoms with E-state index in [2.05, 4.69) is 42.5 Å². The number of carbonyl (C=O) groups excluding carboxylic acids is 6. The van der Waals surface area contributed by atoms with Crippen molar-refractivity contribution < 1.29 is 56.5 Å². The molecule has 6 rings (SSSR count). The second-order valence-electron chi connectivity index (χ2n) is 13.8. The zero-order chi connectivity index (χ0) is 38.8. The third kappa shape index (κ3) is 6.54. The molecule has 0 saturated carbocycles. The number of amides is 4.